The predicted octanol–water partition coefficient (Wildman–Crippen LogP) is 1.45. The van der Waals surface area contributed by atoms with Crippen LogP contribution in [0.15, 0.2) is 0 Å². The predicted molar refractivity (Wildman–Crippen MR) is 82.7 cm³/mol. The molecule has 1 saturated heterocycles. The Hall–Kier alpha value is -1.63. The van der Waals surface area contributed by atoms with Crippen molar-refractivity contribution < 1.29 is 4.79 Å². The highest BCUT2D eigenvalue weighted by Crippen LogP contribution is 2.18. The lowest BCUT2D eigenvalue weighted by molar-refractivity contribution is -0.120. The molecule has 0 aromatic carbocycles. The first-order chi connectivity index (χ1) is 10.2. The first-order valence-corrected chi connectivity index (χ1v) is 7.74. The van der Waals surface area contributed by atoms with Gasteiger partial charge in [0.2, 0.25) is 23.1 Å². The van der Waals surface area contributed by atoms with Crippen LogP contribution in [0.5, 0.6) is 0 Å². The summed E-state index contributed by atoms with van der Waals surface area (Å²) in [5, 5.41) is 6.01. The zero-order valence-corrected chi connectivity index (χ0v) is 13.0. The summed E-state index contributed by atoms with van der Waals surface area (Å²) in [7, 11) is 0. The maximum absolute atomic E-state index is 11.5. The Balaban J connectivity index is 1.86. The topological polar surface area (TPSA) is 83.0 Å². The zero-order valence-electron chi connectivity index (χ0n) is 12.2. The zero-order chi connectivity index (χ0) is 15.1. The van der Waals surface area contributed by atoms with Crippen molar-refractivity contribution in [2.75, 3.05) is 36.4 Å². The lowest BCUT2D eigenvalue weighted by Gasteiger charge is -2.15. The first kappa shape index (κ1) is 15.8. The normalized spacial score (nSPS) is 14.3. The highest BCUT2D eigenvalue weighted by Gasteiger charge is 2.16. The summed E-state index contributed by atoms with van der Waals surface area (Å²) in [6.45, 7) is 5.08. The molecule has 0 radical (unpaired) electrons. The number of rotatable bonds is 7. The largest absolute Gasteiger partial charge is 0.356 e. The fraction of sp³-hybridized carbons (Fsp3) is 0.692. The third-order valence-electron chi connectivity index (χ3n) is 3.19. The van der Waals surface area contributed by atoms with E-state index in [4.69, 9.17) is 11.6 Å². The van der Waals surface area contributed by atoms with Crippen molar-refractivity contribution >= 4 is 29.4 Å². The van der Waals surface area contributed by atoms with Gasteiger partial charge in [0.05, 0.1) is 0 Å². The number of hydrogen-bond donors (Lipinski definition) is 2. The number of halogens is 1. The van der Waals surface area contributed by atoms with Crippen molar-refractivity contribution in [1.82, 2.24) is 20.3 Å². The quantitative estimate of drug-likeness (QED) is 0.793. The molecule has 2 heterocycles. The third-order valence-corrected chi connectivity index (χ3v) is 3.36. The Kier molecular flexibility index (Phi) is 5.98. The van der Waals surface area contributed by atoms with Crippen molar-refractivity contribution in [3.05, 3.63) is 5.28 Å². The van der Waals surface area contributed by atoms with E-state index in [2.05, 4.69) is 30.5 Å². The molecular weight excluding hydrogens is 292 g/mol. The monoisotopic (exact) mass is 312 g/mol. The van der Waals surface area contributed by atoms with E-state index in [0.29, 0.717) is 31.4 Å². The van der Waals surface area contributed by atoms with Gasteiger partial charge in [0.25, 0.3) is 0 Å². The lowest BCUT2D eigenvalue weighted by Crippen LogP contribution is -2.26. The van der Waals surface area contributed by atoms with Crippen molar-refractivity contribution in [1.29, 1.82) is 0 Å². The Labute approximate surface area is 129 Å². The third kappa shape index (κ3) is 5.00. The number of carbonyl (C=O) groups is 1. The Morgan fingerprint density at radius 1 is 1.24 bits per heavy atom. The molecule has 0 bridgehead atoms. The average Bonchev–Trinajstić information content (AvgIpc) is 2.99. The van der Waals surface area contributed by atoms with E-state index in [1.54, 1.807) is 0 Å². The average molecular weight is 313 g/mol. The summed E-state index contributed by atoms with van der Waals surface area (Å²) in [6, 6.07) is 0. The van der Waals surface area contributed by atoms with Gasteiger partial charge < -0.3 is 15.5 Å². The smallest absolute Gasteiger partial charge is 0.231 e. The molecule has 8 heteroatoms. The molecule has 1 aliphatic heterocycles. The maximum Gasteiger partial charge on any atom is 0.231 e. The molecule has 0 unspecified atom stereocenters. The van der Waals surface area contributed by atoms with E-state index in [1.165, 1.54) is 0 Å². The molecule has 1 fully saturated rings. The van der Waals surface area contributed by atoms with Crippen molar-refractivity contribution in [3.8, 4) is 0 Å². The highest BCUT2D eigenvalue weighted by atomic mass is 35.5. The molecule has 116 valence electrons. The van der Waals surface area contributed by atoms with Gasteiger partial charge in [-0.25, -0.2) is 0 Å². The molecule has 0 aliphatic carbocycles. The van der Waals surface area contributed by atoms with Crippen LogP contribution in [-0.2, 0) is 4.79 Å². The molecule has 1 aromatic heterocycles. The molecule has 1 aliphatic rings. The van der Waals surface area contributed by atoms with Gasteiger partial charge >= 0.3 is 0 Å². The summed E-state index contributed by atoms with van der Waals surface area (Å²) in [5.74, 6) is 1.04. The van der Waals surface area contributed by atoms with E-state index < -0.39 is 0 Å². The highest BCUT2D eigenvalue weighted by molar-refractivity contribution is 6.28. The van der Waals surface area contributed by atoms with Crippen LogP contribution in [0.3, 0.4) is 0 Å². The van der Waals surface area contributed by atoms with E-state index in [1.807, 2.05) is 6.92 Å². The summed E-state index contributed by atoms with van der Waals surface area (Å²) in [5.41, 5.74) is 0. The number of carbonyl (C=O) groups excluding carboxylic acids is 1. The Morgan fingerprint density at radius 2 is 2.00 bits per heavy atom. The van der Waals surface area contributed by atoms with E-state index in [9.17, 15) is 4.79 Å². The van der Waals surface area contributed by atoms with Gasteiger partial charge in [0, 0.05) is 32.6 Å². The van der Waals surface area contributed by atoms with Gasteiger partial charge in [-0.15, -0.1) is 0 Å². The van der Waals surface area contributed by atoms with Gasteiger partial charge in [0.15, 0.2) is 0 Å². The summed E-state index contributed by atoms with van der Waals surface area (Å²) in [6.07, 6.45) is 3.59. The van der Waals surface area contributed by atoms with Gasteiger partial charge in [-0.05, 0) is 30.9 Å². The minimum absolute atomic E-state index is 0.0178. The molecule has 2 N–H and O–H groups in total. The van der Waals surface area contributed by atoms with Crippen LogP contribution in [-0.4, -0.2) is 47.0 Å². The minimum atomic E-state index is 0.0178. The van der Waals surface area contributed by atoms with Crippen LogP contribution in [0.1, 0.15) is 32.6 Å². The number of nitrogens with zero attached hydrogens (tertiary/aromatic N) is 4. The second-order valence-corrected chi connectivity index (χ2v) is 5.29. The fourth-order valence-corrected chi connectivity index (χ4v) is 2.27. The molecular formula is C13H21ClN6O. The minimum Gasteiger partial charge on any atom is -0.356 e. The standard InChI is InChI=1S/C13H21ClN6O/c1-2-6-15-10(21)5-7-16-12-17-11(14)18-13(19-12)20-8-3-4-9-20/h2-9H2,1H3,(H,15,21)(H,16,17,18,19). The maximum atomic E-state index is 11.5. The van der Waals surface area contributed by atoms with Gasteiger partial charge in [-0.1, -0.05) is 6.92 Å². The number of hydrogen-bond acceptors (Lipinski definition) is 6. The molecule has 0 spiro atoms. The molecule has 0 saturated carbocycles. The summed E-state index contributed by atoms with van der Waals surface area (Å²) < 4.78 is 0. The van der Waals surface area contributed by atoms with Crippen LogP contribution in [0.4, 0.5) is 11.9 Å². The van der Waals surface area contributed by atoms with Crippen LogP contribution in [0, 0.1) is 0 Å². The fourth-order valence-electron chi connectivity index (χ4n) is 2.12. The first-order valence-electron chi connectivity index (χ1n) is 7.36. The SMILES string of the molecule is CCCNC(=O)CCNc1nc(Cl)nc(N2CCCC2)n1. The lowest BCUT2D eigenvalue weighted by atomic mass is 10.4. The van der Waals surface area contributed by atoms with Crippen LogP contribution in [0.2, 0.25) is 5.28 Å². The van der Waals surface area contributed by atoms with E-state index in [-0.39, 0.29) is 11.2 Å². The van der Waals surface area contributed by atoms with Crippen molar-refractivity contribution in [2.24, 2.45) is 0 Å². The van der Waals surface area contributed by atoms with Crippen molar-refractivity contribution in [3.63, 3.8) is 0 Å². The molecule has 2 rings (SSSR count). The number of aromatic nitrogens is 3. The molecule has 7 nitrogen and oxygen atoms in total. The van der Waals surface area contributed by atoms with Crippen molar-refractivity contribution in [2.45, 2.75) is 32.6 Å². The number of nitrogens with one attached hydrogen (secondary N) is 2. The van der Waals surface area contributed by atoms with Crippen LogP contribution in [0.25, 0.3) is 0 Å². The van der Waals surface area contributed by atoms with Gasteiger partial charge in [-0.3, -0.25) is 4.79 Å². The van der Waals surface area contributed by atoms with Gasteiger partial charge in [-0.2, -0.15) is 15.0 Å². The number of amides is 1. The summed E-state index contributed by atoms with van der Waals surface area (Å²) >= 11 is 5.93. The number of anilines is 2. The van der Waals surface area contributed by atoms with Gasteiger partial charge in [0.1, 0.15) is 0 Å². The molecule has 1 aromatic rings. The molecule has 1 amide bonds. The van der Waals surface area contributed by atoms with Crippen LogP contribution < -0.4 is 15.5 Å². The Morgan fingerprint density at radius 3 is 2.71 bits per heavy atom. The second kappa shape index (κ2) is 7.97. The molecule has 0 atom stereocenters. The van der Waals surface area contributed by atoms with E-state index >= 15 is 0 Å². The Bertz CT molecular complexity index is 478. The second-order valence-electron chi connectivity index (χ2n) is 4.95. The molecule has 21 heavy (non-hydrogen) atoms. The summed E-state index contributed by atoms with van der Waals surface area (Å²) in [4.78, 5) is 26.1. The van der Waals surface area contributed by atoms with E-state index in [0.717, 1.165) is 32.4 Å². The van der Waals surface area contributed by atoms with Crippen LogP contribution >= 0.6 is 11.6 Å².